The molecule has 0 saturated carbocycles. The van der Waals surface area contributed by atoms with Crippen LogP contribution in [0, 0.1) is 24.6 Å². The van der Waals surface area contributed by atoms with Crippen LogP contribution in [0.25, 0.3) is 43.2 Å². The zero-order valence-electron chi connectivity index (χ0n) is 44.9. The molecule has 3 saturated heterocycles. The van der Waals surface area contributed by atoms with Crippen LogP contribution in [-0.4, -0.2) is 140 Å². The highest BCUT2D eigenvalue weighted by molar-refractivity contribution is 7.13. The summed E-state index contributed by atoms with van der Waals surface area (Å²) in [5, 5.41) is 30.7. The maximum atomic E-state index is 17.2. The Morgan fingerprint density at radius 1 is 0.975 bits per heavy atom. The molecule has 0 radical (unpaired) electrons. The number of phenolic OH excluding ortho intramolecular Hbond substituents is 1. The molecule has 7 aromatic rings. The van der Waals surface area contributed by atoms with Crippen LogP contribution in [0.15, 0.2) is 95.5 Å². The number of fused-ring (bicyclic) bond motifs is 2. The van der Waals surface area contributed by atoms with Gasteiger partial charge in [0.1, 0.15) is 35.1 Å². The van der Waals surface area contributed by atoms with Gasteiger partial charge in [0.05, 0.1) is 39.9 Å². The summed E-state index contributed by atoms with van der Waals surface area (Å²) in [5.41, 5.74) is 5.28. The predicted octanol–water partition coefficient (Wildman–Crippen LogP) is 9.34. The van der Waals surface area contributed by atoms with Crippen LogP contribution < -0.4 is 19.7 Å². The number of benzene rings is 4. The van der Waals surface area contributed by atoms with Crippen molar-refractivity contribution in [2.75, 3.05) is 63.9 Å². The third-order valence-electron chi connectivity index (χ3n) is 15.4. The van der Waals surface area contributed by atoms with E-state index in [2.05, 4.69) is 31.9 Å². The molecular weight excluding hydrogens is 1050 g/mol. The number of halogens is 2. The highest BCUT2D eigenvalue weighted by Crippen LogP contribution is 2.43. The zero-order chi connectivity index (χ0) is 55.6. The number of hydrogen-bond donors (Lipinski definition) is 3. The normalized spacial score (nSPS) is 18.5. The van der Waals surface area contributed by atoms with Crippen molar-refractivity contribution in [3.63, 3.8) is 0 Å². The van der Waals surface area contributed by atoms with Crippen LogP contribution in [0.3, 0.4) is 0 Å². The van der Waals surface area contributed by atoms with E-state index in [1.165, 1.54) is 17.0 Å². The van der Waals surface area contributed by atoms with Gasteiger partial charge in [-0.15, -0.1) is 11.3 Å². The van der Waals surface area contributed by atoms with Crippen molar-refractivity contribution in [3.05, 3.63) is 119 Å². The van der Waals surface area contributed by atoms with Gasteiger partial charge >= 0.3 is 6.01 Å². The molecule has 3 aromatic heterocycles. The largest absolute Gasteiger partial charge is 0.508 e. The summed E-state index contributed by atoms with van der Waals surface area (Å²) in [6.07, 6.45) is 1.82. The molecule has 10 rings (SSSR count). The SMILES string of the molecule is C=CC(=O)N1CCN(c2nc(O[C@H](C)CN3CCC(COc4cc([C@@H](C(=O)N5C[C@H](O)C[C@H]5C(=O)N[C@@H](C)c5ccc(-c6scnc6C)cc5)C(C)C)on4)CC3)nc3c(F)c(-c4cc(O)cc5ccccc45)c(Cl)cc23)CC1. The molecule has 3 aliphatic rings. The number of carbonyl (C=O) groups is 3. The van der Waals surface area contributed by atoms with Gasteiger partial charge in [0.2, 0.25) is 17.7 Å². The van der Waals surface area contributed by atoms with E-state index in [9.17, 15) is 24.6 Å². The van der Waals surface area contributed by atoms with Crippen molar-refractivity contribution in [2.24, 2.45) is 11.8 Å². The van der Waals surface area contributed by atoms with E-state index in [4.69, 9.17) is 30.6 Å². The Morgan fingerprint density at radius 3 is 2.43 bits per heavy atom. The number of β-amino-alcohol motifs (C(OH)–C–C–N with tert-alkyl or cyclic N) is 1. The third kappa shape index (κ3) is 11.9. The first-order valence-corrected chi connectivity index (χ1v) is 28.1. The van der Waals surface area contributed by atoms with Crippen LogP contribution in [-0.2, 0) is 14.4 Å². The molecule has 3 N–H and O–H groups in total. The van der Waals surface area contributed by atoms with Gasteiger partial charge in [-0.25, -0.2) is 9.37 Å². The summed E-state index contributed by atoms with van der Waals surface area (Å²) in [7, 11) is 0. The van der Waals surface area contributed by atoms with Gasteiger partial charge in [-0.05, 0) is 115 Å². The highest BCUT2D eigenvalue weighted by Gasteiger charge is 2.44. The fourth-order valence-corrected chi connectivity index (χ4v) is 12.3. The van der Waals surface area contributed by atoms with Gasteiger partial charge in [0, 0.05) is 62.7 Å². The zero-order valence-corrected chi connectivity index (χ0v) is 46.5. The van der Waals surface area contributed by atoms with Crippen molar-refractivity contribution in [1.29, 1.82) is 0 Å². The Balaban J connectivity index is 0.759. The van der Waals surface area contributed by atoms with Gasteiger partial charge in [-0.3, -0.25) is 19.3 Å². The number of likely N-dealkylation sites (tertiary alicyclic amines) is 2. The number of rotatable bonds is 17. The summed E-state index contributed by atoms with van der Waals surface area (Å²) in [4.78, 5) is 63.0. The summed E-state index contributed by atoms with van der Waals surface area (Å²) in [6, 6.07) is 20.6. The molecule has 5 atom stereocenters. The summed E-state index contributed by atoms with van der Waals surface area (Å²) in [5.74, 6) is -1.29. The molecule has 6 heterocycles. The quantitative estimate of drug-likeness (QED) is 0.0729. The van der Waals surface area contributed by atoms with Crippen molar-refractivity contribution in [3.8, 4) is 39.2 Å². The van der Waals surface area contributed by atoms with Crippen LogP contribution in [0.5, 0.6) is 17.6 Å². The molecule has 20 heteroatoms. The lowest BCUT2D eigenvalue weighted by atomic mass is 9.91. The Bertz CT molecular complexity index is 3380. The number of anilines is 1. The minimum absolute atomic E-state index is 0.00147. The van der Waals surface area contributed by atoms with E-state index in [-0.39, 0.29) is 82.3 Å². The fraction of sp³-hybridized carbons (Fsp3) is 0.407. The Hall–Kier alpha value is -7.19. The minimum Gasteiger partial charge on any atom is -0.508 e. The maximum absolute atomic E-state index is 17.2. The van der Waals surface area contributed by atoms with Crippen molar-refractivity contribution >= 4 is 68.2 Å². The first-order chi connectivity index (χ1) is 38.0. The number of aliphatic hydroxyl groups is 1. The second-order valence-corrected chi connectivity index (χ2v) is 22.6. The van der Waals surface area contributed by atoms with E-state index >= 15 is 4.39 Å². The lowest BCUT2D eigenvalue weighted by Crippen LogP contribution is -2.48. The molecule has 414 valence electrons. The predicted molar refractivity (Wildman–Crippen MR) is 302 cm³/mol. The van der Waals surface area contributed by atoms with Crippen LogP contribution in [0.2, 0.25) is 5.02 Å². The number of hydrogen-bond acceptors (Lipinski definition) is 15. The van der Waals surface area contributed by atoms with E-state index in [1.54, 1.807) is 34.4 Å². The second-order valence-electron chi connectivity index (χ2n) is 21.3. The number of aliphatic hydroxyl groups excluding tert-OH is 1. The van der Waals surface area contributed by atoms with Crippen LogP contribution in [0.4, 0.5) is 10.2 Å². The lowest BCUT2D eigenvalue weighted by Gasteiger charge is -2.35. The number of amides is 3. The number of thiazole rings is 1. The number of nitrogens with one attached hydrogen (secondary N) is 1. The average molecular weight is 1110 g/mol. The van der Waals surface area contributed by atoms with Crippen LogP contribution >= 0.6 is 22.9 Å². The number of aromatic nitrogens is 4. The highest BCUT2D eigenvalue weighted by atomic mass is 35.5. The number of piperidine rings is 1. The van der Waals surface area contributed by atoms with E-state index in [1.807, 2.05) is 93.6 Å². The summed E-state index contributed by atoms with van der Waals surface area (Å²) >= 11 is 8.53. The first-order valence-electron chi connectivity index (χ1n) is 26.9. The molecule has 17 nitrogen and oxygen atoms in total. The maximum Gasteiger partial charge on any atom is 0.319 e. The standard InChI is InChI=1S/C59H65ClFN9O8S/c1-7-50(73)68-20-22-69(23-21-68)56-45-27-46(60)52(44-25-41(71)24-40-10-8-9-11-43(40)44)53(61)54(45)64-59(65-56)77-34(4)29-67-18-16-37(17-19-67)31-76-49-28-48(78-66-49)51(33(2)3)58(75)70-30-42(72)26-47(70)57(74)63-35(5)38-12-14-39(15-13-38)55-36(6)62-32-79-55/h7-15,24-25,27-28,32-35,37,42,47,51,71-72H,1,16-23,26,29-31H2,2-6H3,(H,63,74)/t34-,35+,42-,47+,51+/m1/s1. The smallest absolute Gasteiger partial charge is 0.319 e. The Kier molecular flexibility index (Phi) is 16.5. The molecule has 4 aromatic carbocycles. The molecule has 0 spiro atoms. The van der Waals surface area contributed by atoms with Crippen molar-refractivity contribution in [1.82, 2.24) is 40.1 Å². The number of nitrogens with zero attached hydrogens (tertiary/aromatic N) is 8. The number of carbonyl (C=O) groups excluding carboxylic acids is 3. The van der Waals surface area contributed by atoms with Gasteiger partial charge in [-0.1, -0.05) is 80.6 Å². The third-order valence-corrected chi connectivity index (χ3v) is 16.7. The number of aromatic hydroxyl groups is 1. The number of ether oxygens (including phenoxy) is 2. The van der Waals surface area contributed by atoms with E-state index in [0.717, 1.165) is 53.0 Å². The first kappa shape index (κ1) is 55.1. The molecule has 0 aliphatic carbocycles. The minimum atomic E-state index is -0.865. The van der Waals surface area contributed by atoms with Gasteiger partial charge in [-0.2, -0.15) is 9.97 Å². The fourth-order valence-electron chi connectivity index (χ4n) is 11.2. The van der Waals surface area contributed by atoms with Gasteiger partial charge in [0.25, 0.3) is 5.88 Å². The number of aryl methyl sites for hydroxylation is 1. The number of phenols is 1. The Morgan fingerprint density at radius 2 is 1.72 bits per heavy atom. The monoisotopic (exact) mass is 1110 g/mol. The average Bonchev–Trinajstić information content (AvgIpc) is 4.36. The number of piperazine rings is 1. The second kappa shape index (κ2) is 23.6. The topological polar surface area (TPSA) is 200 Å². The molecule has 0 unspecified atom stereocenters. The molecular formula is C59H65ClFN9O8S. The van der Waals surface area contributed by atoms with E-state index < -0.39 is 30.0 Å². The molecule has 3 fully saturated rings. The van der Waals surface area contributed by atoms with Crippen LogP contribution in [0.1, 0.15) is 75.9 Å². The van der Waals surface area contributed by atoms with E-state index in [0.29, 0.717) is 67.2 Å². The molecule has 79 heavy (non-hydrogen) atoms. The van der Waals surface area contributed by atoms with Crippen molar-refractivity contribution < 1.29 is 43.0 Å². The lowest BCUT2D eigenvalue weighted by molar-refractivity contribution is -0.141. The Labute approximate surface area is 467 Å². The molecule has 3 amide bonds. The van der Waals surface area contributed by atoms with Crippen molar-refractivity contribution in [2.45, 2.75) is 84.1 Å². The molecule has 0 bridgehead atoms. The van der Waals surface area contributed by atoms with Gasteiger partial charge < -0.3 is 44.2 Å². The summed E-state index contributed by atoms with van der Waals surface area (Å²) in [6.45, 7) is 17.4. The summed E-state index contributed by atoms with van der Waals surface area (Å²) < 4.78 is 35.6. The molecule has 3 aliphatic heterocycles. The van der Waals surface area contributed by atoms with Gasteiger partial charge in [0.15, 0.2) is 11.6 Å².